The Bertz CT molecular complexity index is 767. The molecule has 4 rings (SSSR count). The van der Waals surface area contributed by atoms with Crippen molar-refractivity contribution in [2.45, 2.75) is 25.8 Å². The first-order valence-corrected chi connectivity index (χ1v) is 9.27. The summed E-state index contributed by atoms with van der Waals surface area (Å²) in [6, 6.07) is 14.2. The van der Waals surface area contributed by atoms with Gasteiger partial charge in [0.05, 0.1) is 6.42 Å². The zero-order chi connectivity index (χ0) is 17.8. The summed E-state index contributed by atoms with van der Waals surface area (Å²) in [5, 5.41) is 2.99. The standard InChI is InChI=1S/C21H24N2O3/c24-21(14-17-5-8-19-20(13-17)26-12-11-25-19)22-15-16-3-6-18(7-4-16)23-9-1-2-10-23/h3-8,13H,1-2,9-12,14-15H2,(H,22,24). The molecule has 0 aliphatic carbocycles. The number of rotatable bonds is 5. The molecule has 0 spiro atoms. The summed E-state index contributed by atoms with van der Waals surface area (Å²) in [4.78, 5) is 14.6. The monoisotopic (exact) mass is 352 g/mol. The van der Waals surface area contributed by atoms with Crippen molar-refractivity contribution >= 4 is 11.6 Å². The fourth-order valence-electron chi connectivity index (χ4n) is 3.45. The van der Waals surface area contributed by atoms with Crippen molar-refractivity contribution in [3.63, 3.8) is 0 Å². The van der Waals surface area contributed by atoms with Gasteiger partial charge >= 0.3 is 0 Å². The predicted octanol–water partition coefficient (Wildman–Crippen LogP) is 2.92. The molecule has 1 amide bonds. The summed E-state index contributed by atoms with van der Waals surface area (Å²) in [5.74, 6) is 1.47. The molecule has 2 aliphatic heterocycles. The van der Waals surface area contributed by atoms with E-state index in [2.05, 4.69) is 34.5 Å². The van der Waals surface area contributed by atoms with E-state index in [0.29, 0.717) is 26.2 Å². The third kappa shape index (κ3) is 3.93. The fourth-order valence-corrected chi connectivity index (χ4v) is 3.45. The molecule has 5 nitrogen and oxygen atoms in total. The van der Waals surface area contributed by atoms with Crippen LogP contribution in [-0.2, 0) is 17.8 Å². The van der Waals surface area contributed by atoms with Crippen LogP contribution >= 0.6 is 0 Å². The van der Waals surface area contributed by atoms with E-state index in [4.69, 9.17) is 9.47 Å². The summed E-state index contributed by atoms with van der Waals surface area (Å²) in [7, 11) is 0. The van der Waals surface area contributed by atoms with Gasteiger partial charge in [0.15, 0.2) is 11.5 Å². The third-order valence-corrected chi connectivity index (χ3v) is 4.87. The maximum absolute atomic E-state index is 12.2. The van der Waals surface area contributed by atoms with E-state index in [1.54, 1.807) is 0 Å². The van der Waals surface area contributed by atoms with Crippen molar-refractivity contribution in [3.05, 3.63) is 53.6 Å². The van der Waals surface area contributed by atoms with Crippen LogP contribution < -0.4 is 19.7 Å². The SMILES string of the molecule is O=C(Cc1ccc2c(c1)OCCO2)NCc1ccc(N2CCCC2)cc1. The average Bonchev–Trinajstić information content (AvgIpc) is 3.21. The largest absolute Gasteiger partial charge is 0.486 e. The van der Waals surface area contributed by atoms with Crippen molar-refractivity contribution < 1.29 is 14.3 Å². The topological polar surface area (TPSA) is 50.8 Å². The minimum atomic E-state index is 0.00490. The molecule has 1 fully saturated rings. The lowest BCUT2D eigenvalue weighted by Crippen LogP contribution is -2.24. The maximum atomic E-state index is 12.2. The molecule has 2 aromatic rings. The van der Waals surface area contributed by atoms with Gasteiger partial charge in [-0.1, -0.05) is 18.2 Å². The van der Waals surface area contributed by atoms with Gasteiger partial charge < -0.3 is 19.7 Å². The molecule has 0 bridgehead atoms. The van der Waals surface area contributed by atoms with Crippen molar-refractivity contribution in [1.82, 2.24) is 5.32 Å². The first kappa shape index (κ1) is 16.8. The Labute approximate surface area is 153 Å². The Hall–Kier alpha value is -2.69. The second-order valence-corrected chi connectivity index (χ2v) is 6.79. The lowest BCUT2D eigenvalue weighted by Gasteiger charge is -2.19. The van der Waals surface area contributed by atoms with Crippen molar-refractivity contribution in [2.75, 3.05) is 31.2 Å². The highest BCUT2D eigenvalue weighted by Crippen LogP contribution is 2.30. The first-order chi connectivity index (χ1) is 12.8. The van der Waals surface area contributed by atoms with Gasteiger partial charge in [-0.25, -0.2) is 0 Å². The molecule has 2 aliphatic rings. The van der Waals surface area contributed by atoms with Gasteiger partial charge in [-0.15, -0.1) is 0 Å². The van der Waals surface area contributed by atoms with Crippen molar-refractivity contribution in [2.24, 2.45) is 0 Å². The van der Waals surface area contributed by atoms with E-state index >= 15 is 0 Å². The lowest BCUT2D eigenvalue weighted by atomic mass is 10.1. The Morgan fingerprint density at radius 1 is 0.923 bits per heavy atom. The molecule has 26 heavy (non-hydrogen) atoms. The van der Waals surface area contributed by atoms with Gasteiger partial charge in [0.1, 0.15) is 13.2 Å². The van der Waals surface area contributed by atoms with Crippen LogP contribution in [0, 0.1) is 0 Å². The normalized spacial score (nSPS) is 15.8. The molecule has 1 N–H and O–H groups in total. The lowest BCUT2D eigenvalue weighted by molar-refractivity contribution is -0.120. The zero-order valence-electron chi connectivity index (χ0n) is 14.9. The second kappa shape index (κ2) is 7.68. The first-order valence-electron chi connectivity index (χ1n) is 9.27. The van der Waals surface area contributed by atoms with E-state index in [9.17, 15) is 4.79 Å². The summed E-state index contributed by atoms with van der Waals surface area (Å²) < 4.78 is 11.1. The smallest absolute Gasteiger partial charge is 0.224 e. The van der Waals surface area contributed by atoms with Crippen LogP contribution in [-0.4, -0.2) is 32.2 Å². The number of carbonyl (C=O) groups is 1. The quantitative estimate of drug-likeness (QED) is 0.899. The molecule has 0 radical (unpaired) electrons. The van der Waals surface area contributed by atoms with Crippen molar-refractivity contribution in [3.8, 4) is 11.5 Å². The number of amides is 1. The van der Waals surface area contributed by atoms with Crippen LogP contribution in [0.3, 0.4) is 0 Å². The maximum Gasteiger partial charge on any atom is 0.224 e. The highest BCUT2D eigenvalue weighted by molar-refractivity contribution is 5.78. The molecular weight excluding hydrogens is 328 g/mol. The molecule has 0 aromatic heterocycles. The Balaban J connectivity index is 1.29. The van der Waals surface area contributed by atoms with Crippen LogP contribution in [0.5, 0.6) is 11.5 Å². The summed E-state index contributed by atoms with van der Waals surface area (Å²) >= 11 is 0. The molecular formula is C21H24N2O3. The number of carbonyl (C=O) groups excluding carboxylic acids is 1. The molecule has 0 atom stereocenters. The van der Waals surface area contributed by atoms with Crippen LogP contribution in [0.25, 0.3) is 0 Å². The molecule has 2 heterocycles. The fraction of sp³-hybridized carbons (Fsp3) is 0.381. The number of fused-ring (bicyclic) bond motifs is 1. The van der Waals surface area contributed by atoms with Crippen LogP contribution in [0.2, 0.25) is 0 Å². The van der Waals surface area contributed by atoms with Crippen LogP contribution in [0.4, 0.5) is 5.69 Å². The molecule has 2 aromatic carbocycles. The minimum Gasteiger partial charge on any atom is -0.486 e. The molecule has 0 unspecified atom stereocenters. The highest BCUT2D eigenvalue weighted by Gasteiger charge is 2.14. The predicted molar refractivity (Wildman–Crippen MR) is 101 cm³/mol. The van der Waals surface area contributed by atoms with E-state index in [1.807, 2.05) is 18.2 Å². The summed E-state index contributed by atoms with van der Waals surface area (Å²) in [6.45, 7) is 3.96. The molecule has 5 heteroatoms. The zero-order valence-corrected chi connectivity index (χ0v) is 14.9. The van der Waals surface area contributed by atoms with E-state index < -0.39 is 0 Å². The van der Waals surface area contributed by atoms with Crippen LogP contribution in [0.15, 0.2) is 42.5 Å². The highest BCUT2D eigenvalue weighted by atomic mass is 16.6. The number of anilines is 1. The van der Waals surface area contributed by atoms with Crippen molar-refractivity contribution in [1.29, 1.82) is 0 Å². The number of hydrogen-bond acceptors (Lipinski definition) is 4. The summed E-state index contributed by atoms with van der Waals surface area (Å²) in [6.07, 6.45) is 2.89. The van der Waals surface area contributed by atoms with E-state index in [-0.39, 0.29) is 5.91 Å². The number of nitrogens with zero attached hydrogens (tertiary/aromatic N) is 1. The average molecular weight is 352 g/mol. The van der Waals surface area contributed by atoms with Gasteiger partial charge in [-0.05, 0) is 48.2 Å². The van der Waals surface area contributed by atoms with Gasteiger partial charge in [0.25, 0.3) is 0 Å². The molecule has 1 saturated heterocycles. The Morgan fingerprint density at radius 2 is 1.62 bits per heavy atom. The molecule has 136 valence electrons. The number of nitrogens with one attached hydrogen (secondary N) is 1. The minimum absolute atomic E-state index is 0.00490. The second-order valence-electron chi connectivity index (χ2n) is 6.79. The summed E-state index contributed by atoms with van der Waals surface area (Å²) in [5.41, 5.74) is 3.31. The molecule has 0 saturated carbocycles. The van der Waals surface area contributed by atoms with Gasteiger partial charge in [-0.3, -0.25) is 4.79 Å². The Morgan fingerprint density at radius 3 is 2.38 bits per heavy atom. The third-order valence-electron chi connectivity index (χ3n) is 4.87. The van der Waals surface area contributed by atoms with Crippen LogP contribution in [0.1, 0.15) is 24.0 Å². The van der Waals surface area contributed by atoms with Gasteiger partial charge in [0.2, 0.25) is 5.91 Å². The number of hydrogen-bond donors (Lipinski definition) is 1. The number of benzene rings is 2. The van der Waals surface area contributed by atoms with Gasteiger partial charge in [-0.2, -0.15) is 0 Å². The Kier molecular flexibility index (Phi) is 4.95. The van der Waals surface area contributed by atoms with Gasteiger partial charge in [0, 0.05) is 25.3 Å². The van der Waals surface area contributed by atoms with E-state index in [0.717, 1.165) is 35.7 Å². The number of ether oxygens (including phenoxy) is 2. The van der Waals surface area contributed by atoms with E-state index in [1.165, 1.54) is 18.5 Å².